The summed E-state index contributed by atoms with van der Waals surface area (Å²) in [5.74, 6) is 1.94. The first kappa shape index (κ1) is 15.3. The van der Waals surface area contributed by atoms with Crippen LogP contribution in [0.3, 0.4) is 0 Å². The molecule has 0 radical (unpaired) electrons. The minimum Gasteiger partial charge on any atom is -0.0654 e. The molecule has 2 aromatic rings. The van der Waals surface area contributed by atoms with Crippen molar-refractivity contribution in [3.8, 4) is 11.1 Å². The van der Waals surface area contributed by atoms with Crippen LogP contribution in [0, 0.1) is 11.8 Å². The summed E-state index contributed by atoms with van der Waals surface area (Å²) in [6.07, 6.45) is 9.80. The molecule has 0 aromatic heterocycles. The van der Waals surface area contributed by atoms with Crippen molar-refractivity contribution in [2.45, 2.75) is 51.9 Å². The normalized spacial score (nSPS) is 15.7. The van der Waals surface area contributed by atoms with Crippen LogP contribution in [0.1, 0.15) is 51.0 Å². The van der Waals surface area contributed by atoms with Crippen LogP contribution in [-0.4, -0.2) is 0 Å². The third kappa shape index (κ3) is 4.22. The minimum atomic E-state index is 0.925. The van der Waals surface area contributed by atoms with Gasteiger partial charge in [0.25, 0.3) is 0 Å². The Balaban J connectivity index is 1.62. The highest BCUT2D eigenvalue weighted by Crippen LogP contribution is 2.41. The summed E-state index contributed by atoms with van der Waals surface area (Å²) in [6.45, 7) is 2.30. The van der Waals surface area contributed by atoms with Gasteiger partial charge in [-0.15, -0.1) is 0 Å². The van der Waals surface area contributed by atoms with Gasteiger partial charge in [0.1, 0.15) is 0 Å². The molecule has 0 heteroatoms. The lowest BCUT2D eigenvalue weighted by Gasteiger charge is -2.16. The molecule has 0 saturated heterocycles. The molecule has 0 aliphatic heterocycles. The van der Waals surface area contributed by atoms with E-state index in [2.05, 4.69) is 61.5 Å². The van der Waals surface area contributed by atoms with Gasteiger partial charge in [-0.3, -0.25) is 0 Å². The second-order valence-electron chi connectivity index (χ2n) is 6.86. The lowest BCUT2D eigenvalue weighted by Crippen LogP contribution is -2.07. The van der Waals surface area contributed by atoms with E-state index >= 15 is 0 Å². The zero-order chi connectivity index (χ0) is 15.2. The van der Waals surface area contributed by atoms with E-state index < -0.39 is 0 Å². The monoisotopic (exact) mass is 292 g/mol. The Labute approximate surface area is 135 Å². The summed E-state index contributed by atoms with van der Waals surface area (Å²) >= 11 is 0. The molecule has 3 rings (SSSR count). The fourth-order valence-corrected chi connectivity index (χ4v) is 3.50. The second kappa shape index (κ2) is 7.63. The quantitative estimate of drug-likeness (QED) is 0.487. The summed E-state index contributed by atoms with van der Waals surface area (Å²) in [7, 11) is 0. The number of unbranched alkanes of at least 4 members (excludes halogenated alkanes) is 2. The predicted molar refractivity (Wildman–Crippen MR) is 95.9 cm³/mol. The van der Waals surface area contributed by atoms with Crippen LogP contribution in [0.5, 0.6) is 0 Å². The van der Waals surface area contributed by atoms with Gasteiger partial charge in [0, 0.05) is 0 Å². The first-order valence-corrected chi connectivity index (χ1v) is 9.01. The van der Waals surface area contributed by atoms with Crippen LogP contribution in [0.15, 0.2) is 54.6 Å². The van der Waals surface area contributed by atoms with Crippen molar-refractivity contribution in [1.82, 2.24) is 0 Å². The maximum absolute atomic E-state index is 2.34. The highest BCUT2D eigenvalue weighted by atomic mass is 14.4. The molecule has 1 atom stereocenters. The van der Waals surface area contributed by atoms with E-state index in [0.29, 0.717) is 0 Å². The fourth-order valence-electron chi connectivity index (χ4n) is 3.50. The Morgan fingerprint density at radius 3 is 2.18 bits per heavy atom. The van der Waals surface area contributed by atoms with E-state index in [1.165, 1.54) is 61.6 Å². The Morgan fingerprint density at radius 2 is 1.55 bits per heavy atom. The Kier molecular flexibility index (Phi) is 5.32. The number of benzene rings is 2. The van der Waals surface area contributed by atoms with Gasteiger partial charge in [-0.1, -0.05) is 80.8 Å². The van der Waals surface area contributed by atoms with Crippen molar-refractivity contribution in [3.05, 3.63) is 60.2 Å². The van der Waals surface area contributed by atoms with E-state index in [9.17, 15) is 0 Å². The first-order chi connectivity index (χ1) is 10.9. The maximum Gasteiger partial charge on any atom is -0.0184 e. The molecule has 22 heavy (non-hydrogen) atoms. The first-order valence-electron chi connectivity index (χ1n) is 9.01. The number of hydrogen-bond donors (Lipinski definition) is 0. The molecule has 1 aliphatic carbocycles. The van der Waals surface area contributed by atoms with Crippen molar-refractivity contribution in [2.24, 2.45) is 11.8 Å². The zero-order valence-corrected chi connectivity index (χ0v) is 13.8. The largest absolute Gasteiger partial charge is 0.0654 e. The van der Waals surface area contributed by atoms with Gasteiger partial charge in [-0.2, -0.15) is 0 Å². The smallest absolute Gasteiger partial charge is 0.0184 e. The minimum absolute atomic E-state index is 0.925. The summed E-state index contributed by atoms with van der Waals surface area (Å²) in [4.78, 5) is 0. The Bertz CT molecular complexity index is 548. The molecule has 1 saturated carbocycles. The Morgan fingerprint density at radius 1 is 0.864 bits per heavy atom. The molecule has 1 aliphatic rings. The third-order valence-corrected chi connectivity index (χ3v) is 5.03. The fraction of sp³-hybridized carbons (Fsp3) is 0.455. The predicted octanol–water partition coefficient (Wildman–Crippen LogP) is 6.50. The van der Waals surface area contributed by atoms with Crippen LogP contribution in [0.4, 0.5) is 0 Å². The molecule has 0 amide bonds. The van der Waals surface area contributed by atoms with Gasteiger partial charge in [0.05, 0.1) is 0 Å². The van der Waals surface area contributed by atoms with E-state index in [4.69, 9.17) is 0 Å². The molecular weight excluding hydrogens is 264 g/mol. The molecule has 0 spiro atoms. The third-order valence-electron chi connectivity index (χ3n) is 5.03. The molecule has 116 valence electrons. The van der Waals surface area contributed by atoms with Crippen molar-refractivity contribution in [3.63, 3.8) is 0 Å². The summed E-state index contributed by atoms with van der Waals surface area (Å²) in [5, 5.41) is 0. The second-order valence-corrected chi connectivity index (χ2v) is 6.86. The molecule has 0 bridgehead atoms. The molecule has 2 aromatic carbocycles. The molecule has 0 heterocycles. The molecule has 1 fully saturated rings. The average molecular weight is 292 g/mol. The van der Waals surface area contributed by atoms with Gasteiger partial charge in [-0.05, 0) is 54.2 Å². The highest BCUT2D eigenvalue weighted by Gasteiger charge is 2.30. The van der Waals surface area contributed by atoms with Crippen molar-refractivity contribution in [1.29, 1.82) is 0 Å². The topological polar surface area (TPSA) is 0 Å². The average Bonchev–Trinajstić information content (AvgIpc) is 3.40. The summed E-state index contributed by atoms with van der Waals surface area (Å²) in [5.41, 5.74) is 4.17. The van der Waals surface area contributed by atoms with Gasteiger partial charge in [0.15, 0.2) is 0 Å². The van der Waals surface area contributed by atoms with Crippen LogP contribution in [0.25, 0.3) is 11.1 Å². The molecule has 0 N–H and O–H groups in total. The highest BCUT2D eigenvalue weighted by molar-refractivity contribution is 5.63. The Hall–Kier alpha value is -1.56. The zero-order valence-electron chi connectivity index (χ0n) is 13.8. The van der Waals surface area contributed by atoms with E-state index in [-0.39, 0.29) is 0 Å². The maximum atomic E-state index is 2.34. The van der Waals surface area contributed by atoms with E-state index in [0.717, 1.165) is 11.8 Å². The number of hydrogen-bond acceptors (Lipinski definition) is 0. The molecule has 1 unspecified atom stereocenters. The molecule has 0 nitrogen and oxygen atoms in total. The van der Waals surface area contributed by atoms with Crippen molar-refractivity contribution < 1.29 is 0 Å². The molecular formula is C22H28. The van der Waals surface area contributed by atoms with Crippen LogP contribution in [-0.2, 0) is 6.42 Å². The summed E-state index contributed by atoms with van der Waals surface area (Å²) < 4.78 is 0. The van der Waals surface area contributed by atoms with Crippen molar-refractivity contribution in [2.75, 3.05) is 0 Å². The standard InChI is InChI=1S/C22H28/c1-2-3-5-10-22(21-15-16-21)17-18-11-13-20(14-12-18)19-8-6-4-7-9-19/h4,6-9,11-14,21-22H,2-3,5,10,15-17H2,1H3. The SMILES string of the molecule is CCCCCC(Cc1ccc(-c2ccccc2)cc1)C1CC1. The van der Waals surface area contributed by atoms with Gasteiger partial charge in [0.2, 0.25) is 0 Å². The van der Waals surface area contributed by atoms with Gasteiger partial charge in [-0.25, -0.2) is 0 Å². The van der Waals surface area contributed by atoms with Crippen LogP contribution in [0.2, 0.25) is 0 Å². The summed E-state index contributed by atoms with van der Waals surface area (Å²) in [6, 6.07) is 19.9. The van der Waals surface area contributed by atoms with Gasteiger partial charge < -0.3 is 0 Å². The number of rotatable bonds is 8. The van der Waals surface area contributed by atoms with E-state index in [1.54, 1.807) is 0 Å². The van der Waals surface area contributed by atoms with Gasteiger partial charge >= 0.3 is 0 Å². The lowest BCUT2D eigenvalue weighted by molar-refractivity contribution is 0.406. The van der Waals surface area contributed by atoms with Crippen LogP contribution < -0.4 is 0 Å². The van der Waals surface area contributed by atoms with Crippen molar-refractivity contribution >= 4 is 0 Å². The van der Waals surface area contributed by atoms with Crippen LogP contribution >= 0.6 is 0 Å². The lowest BCUT2D eigenvalue weighted by atomic mass is 9.89. The van der Waals surface area contributed by atoms with E-state index in [1.807, 2.05) is 0 Å².